The maximum atomic E-state index is 14.5. The number of piperazine rings is 1. The van der Waals surface area contributed by atoms with Crippen LogP contribution in [0.1, 0.15) is 67.6 Å². The van der Waals surface area contributed by atoms with E-state index in [2.05, 4.69) is 28.4 Å². The number of aryl methyl sites for hydroxylation is 1. The summed E-state index contributed by atoms with van der Waals surface area (Å²) >= 11 is 0. The first-order valence-electron chi connectivity index (χ1n) is 15.5. The molecule has 2 fully saturated rings. The summed E-state index contributed by atoms with van der Waals surface area (Å²) in [4.78, 5) is 32.7. The average molecular weight is 616 g/mol. The minimum Gasteiger partial charge on any atom is -0.462 e. The molecule has 0 bridgehead atoms. The number of halogens is 3. The van der Waals surface area contributed by atoms with E-state index >= 15 is 0 Å². The highest BCUT2D eigenvalue weighted by atomic mass is 19.4. The Balaban J connectivity index is 1.58. The number of rotatable bonds is 7. The van der Waals surface area contributed by atoms with Gasteiger partial charge in [0, 0.05) is 43.2 Å². The van der Waals surface area contributed by atoms with Crippen LogP contribution in [0.3, 0.4) is 0 Å². The smallest absolute Gasteiger partial charge is 0.418 e. The number of nitrogens with two attached hydrogens (primary N) is 1. The molecule has 2 aliphatic heterocycles. The number of ether oxygens (including phenoxy) is 1. The van der Waals surface area contributed by atoms with Gasteiger partial charge in [0.2, 0.25) is 5.91 Å². The van der Waals surface area contributed by atoms with E-state index in [0.717, 1.165) is 30.8 Å². The molecule has 5 rings (SSSR count). The predicted octanol–water partition coefficient (Wildman–Crippen LogP) is 4.63. The van der Waals surface area contributed by atoms with E-state index in [-0.39, 0.29) is 59.3 Å². The second kappa shape index (κ2) is 12.5. The standard InChI is InChI=1S/C32H44F3N7O2/c1-7-27(43)41-11-12-42(20(5)16-41)30-24-14-22(18(2)3)23(29-28(32(33,34)35)19(4)13-26(36)38-29)15-25(24)37-31(39-30)44-17-21-9-8-10-40(21)6/h7,13,18,20-23H,1,8-12,14-17H2,2-6H3,(H2,36,38). The number of carbonyl (C=O) groups is 1. The Morgan fingerprint density at radius 3 is 2.57 bits per heavy atom. The van der Waals surface area contributed by atoms with Gasteiger partial charge in [-0.2, -0.15) is 23.1 Å². The number of pyridine rings is 1. The molecule has 240 valence electrons. The van der Waals surface area contributed by atoms with Crippen molar-refractivity contribution in [1.29, 1.82) is 0 Å². The number of fused-ring (bicyclic) bond motifs is 1. The molecule has 2 N–H and O–H groups in total. The summed E-state index contributed by atoms with van der Waals surface area (Å²) in [5, 5.41) is 0. The molecule has 4 atom stereocenters. The van der Waals surface area contributed by atoms with Crippen LogP contribution in [0.2, 0.25) is 0 Å². The number of nitrogen functional groups attached to an aromatic ring is 1. The number of aromatic nitrogens is 3. The number of carbonyl (C=O) groups excluding carboxylic acids is 1. The van der Waals surface area contributed by atoms with E-state index in [1.54, 1.807) is 4.90 Å². The second-order valence-corrected chi connectivity index (χ2v) is 12.9. The lowest BCUT2D eigenvalue weighted by molar-refractivity contribution is -0.139. The van der Waals surface area contributed by atoms with Crippen LogP contribution in [0.4, 0.5) is 24.8 Å². The van der Waals surface area contributed by atoms with Crippen LogP contribution in [0.5, 0.6) is 6.01 Å². The van der Waals surface area contributed by atoms with Crippen LogP contribution in [-0.2, 0) is 23.8 Å². The minimum atomic E-state index is -4.57. The zero-order valence-corrected chi connectivity index (χ0v) is 26.3. The first-order valence-corrected chi connectivity index (χ1v) is 15.5. The number of nitrogens with zero attached hydrogens (tertiary/aromatic N) is 6. The number of hydrogen-bond acceptors (Lipinski definition) is 8. The Kier molecular flexibility index (Phi) is 9.11. The summed E-state index contributed by atoms with van der Waals surface area (Å²) in [7, 11) is 2.07. The quantitative estimate of drug-likeness (QED) is 0.450. The molecular weight excluding hydrogens is 571 g/mol. The zero-order chi connectivity index (χ0) is 31.9. The molecule has 4 unspecified atom stereocenters. The van der Waals surface area contributed by atoms with Gasteiger partial charge in [0.25, 0.3) is 0 Å². The van der Waals surface area contributed by atoms with E-state index in [1.165, 1.54) is 19.1 Å². The lowest BCUT2D eigenvalue weighted by Crippen LogP contribution is -2.54. The van der Waals surface area contributed by atoms with E-state index < -0.39 is 17.7 Å². The Hall–Kier alpha value is -3.41. The minimum absolute atomic E-state index is 0.0144. The number of amides is 1. The average Bonchev–Trinajstić information content (AvgIpc) is 3.37. The van der Waals surface area contributed by atoms with Gasteiger partial charge in [0.1, 0.15) is 18.2 Å². The molecule has 2 aromatic rings. The molecule has 0 aromatic carbocycles. The van der Waals surface area contributed by atoms with Gasteiger partial charge in [-0.25, -0.2) is 4.98 Å². The van der Waals surface area contributed by atoms with E-state index in [4.69, 9.17) is 20.4 Å². The SMILES string of the molecule is C=CC(=O)N1CCN(c2nc(OCC3CCCN3C)nc3c2CC(C(C)C)C(c2nc(N)cc(C)c2C(F)(F)F)C3)C(C)C1. The zero-order valence-electron chi connectivity index (χ0n) is 26.3. The van der Waals surface area contributed by atoms with Gasteiger partial charge in [-0.15, -0.1) is 0 Å². The van der Waals surface area contributed by atoms with Gasteiger partial charge in [-0.05, 0) is 82.7 Å². The van der Waals surface area contributed by atoms with Crippen LogP contribution in [0, 0.1) is 18.8 Å². The first-order chi connectivity index (χ1) is 20.8. The fraction of sp³-hybridized carbons (Fsp3) is 0.625. The van der Waals surface area contributed by atoms with Gasteiger partial charge >= 0.3 is 12.2 Å². The summed E-state index contributed by atoms with van der Waals surface area (Å²) in [6.07, 6.45) is -0.380. The number of likely N-dealkylation sites (tertiary alicyclic amines) is 1. The van der Waals surface area contributed by atoms with Crippen molar-refractivity contribution in [3.8, 4) is 6.01 Å². The van der Waals surface area contributed by atoms with Crippen molar-refractivity contribution in [3.63, 3.8) is 0 Å². The van der Waals surface area contributed by atoms with E-state index in [0.29, 0.717) is 38.4 Å². The van der Waals surface area contributed by atoms with E-state index in [9.17, 15) is 18.0 Å². The van der Waals surface area contributed by atoms with Crippen molar-refractivity contribution < 1.29 is 22.7 Å². The molecule has 12 heteroatoms. The molecule has 0 radical (unpaired) electrons. The molecule has 0 saturated carbocycles. The lowest BCUT2D eigenvalue weighted by atomic mass is 9.70. The van der Waals surface area contributed by atoms with Crippen molar-refractivity contribution in [3.05, 3.63) is 46.8 Å². The third-order valence-electron chi connectivity index (χ3n) is 9.64. The third-order valence-corrected chi connectivity index (χ3v) is 9.64. The highest BCUT2D eigenvalue weighted by Crippen LogP contribution is 2.47. The summed E-state index contributed by atoms with van der Waals surface area (Å²) in [6.45, 7) is 14.2. The third kappa shape index (κ3) is 6.36. The fourth-order valence-electron chi connectivity index (χ4n) is 7.24. The summed E-state index contributed by atoms with van der Waals surface area (Å²) in [5.41, 5.74) is 6.99. The highest BCUT2D eigenvalue weighted by molar-refractivity contribution is 5.87. The Morgan fingerprint density at radius 2 is 1.95 bits per heavy atom. The molecule has 44 heavy (non-hydrogen) atoms. The van der Waals surface area contributed by atoms with Crippen molar-refractivity contribution in [2.45, 2.75) is 77.6 Å². The van der Waals surface area contributed by atoms with Crippen molar-refractivity contribution in [2.24, 2.45) is 11.8 Å². The number of anilines is 2. The van der Waals surface area contributed by atoms with Gasteiger partial charge in [0.15, 0.2) is 0 Å². The van der Waals surface area contributed by atoms with Gasteiger partial charge in [0.05, 0.1) is 17.0 Å². The van der Waals surface area contributed by atoms with E-state index in [1.807, 2.05) is 20.8 Å². The molecule has 2 saturated heterocycles. The van der Waals surface area contributed by atoms with Crippen molar-refractivity contribution >= 4 is 17.5 Å². The fourth-order valence-corrected chi connectivity index (χ4v) is 7.24. The number of alkyl halides is 3. The maximum Gasteiger partial charge on any atom is 0.418 e. The highest BCUT2D eigenvalue weighted by Gasteiger charge is 2.44. The summed E-state index contributed by atoms with van der Waals surface area (Å²) in [6, 6.07) is 1.71. The van der Waals surface area contributed by atoms with Gasteiger partial charge in [-0.3, -0.25) is 4.79 Å². The largest absolute Gasteiger partial charge is 0.462 e. The van der Waals surface area contributed by atoms with Crippen LogP contribution in [0.25, 0.3) is 0 Å². The van der Waals surface area contributed by atoms with Crippen LogP contribution < -0.4 is 15.4 Å². The Bertz CT molecular complexity index is 1400. The van der Waals surface area contributed by atoms with Gasteiger partial charge < -0.3 is 25.2 Å². The molecule has 1 amide bonds. The van der Waals surface area contributed by atoms with Crippen LogP contribution in [0.15, 0.2) is 18.7 Å². The second-order valence-electron chi connectivity index (χ2n) is 12.9. The Labute approximate surface area is 257 Å². The molecule has 1 aliphatic carbocycles. The lowest BCUT2D eigenvalue weighted by Gasteiger charge is -2.43. The van der Waals surface area contributed by atoms with Crippen LogP contribution >= 0.6 is 0 Å². The maximum absolute atomic E-state index is 14.5. The van der Waals surface area contributed by atoms with Crippen LogP contribution in [-0.4, -0.2) is 82.6 Å². The van der Waals surface area contributed by atoms with Crippen molar-refractivity contribution in [2.75, 3.05) is 50.5 Å². The predicted molar refractivity (Wildman–Crippen MR) is 164 cm³/mol. The monoisotopic (exact) mass is 615 g/mol. The molecule has 9 nitrogen and oxygen atoms in total. The normalized spacial score (nSPS) is 24.5. The molecule has 3 aliphatic rings. The molecule has 0 spiro atoms. The Morgan fingerprint density at radius 1 is 1.20 bits per heavy atom. The van der Waals surface area contributed by atoms with Gasteiger partial charge in [-0.1, -0.05) is 20.4 Å². The number of hydrogen-bond donors (Lipinski definition) is 1. The first kappa shape index (κ1) is 32.0. The molecule has 2 aromatic heterocycles. The molecule has 4 heterocycles. The van der Waals surface area contributed by atoms with Crippen molar-refractivity contribution in [1.82, 2.24) is 24.8 Å². The summed E-state index contributed by atoms with van der Waals surface area (Å²) < 4.78 is 49.6. The topological polar surface area (TPSA) is 101 Å². The number of likely N-dealkylation sites (N-methyl/N-ethyl adjacent to an activating group) is 1. The molecular formula is C32H44F3N7O2. The summed E-state index contributed by atoms with van der Waals surface area (Å²) in [5.74, 6) is 0.0559.